The van der Waals surface area contributed by atoms with Crippen molar-refractivity contribution in [3.05, 3.63) is 33.6 Å². The number of nitro groups is 1. The predicted molar refractivity (Wildman–Crippen MR) is 67.7 cm³/mol. The average Bonchev–Trinajstić information content (AvgIpc) is 2.33. The van der Waals surface area contributed by atoms with E-state index >= 15 is 0 Å². The first-order valence-corrected chi connectivity index (χ1v) is 5.99. The Balaban J connectivity index is 2.34. The molecule has 1 amide bonds. The minimum absolute atomic E-state index is 0.0596. The summed E-state index contributed by atoms with van der Waals surface area (Å²) in [6, 6.07) is 2.00. The number of rotatable bonds is 4. The fraction of sp³-hybridized carbons (Fsp3) is 0.417. The van der Waals surface area contributed by atoms with Crippen molar-refractivity contribution < 1.29 is 14.1 Å². The van der Waals surface area contributed by atoms with Gasteiger partial charge in [0.25, 0.3) is 11.6 Å². The van der Waals surface area contributed by atoms with Crippen LogP contribution in [0.2, 0.25) is 0 Å². The summed E-state index contributed by atoms with van der Waals surface area (Å²) in [7, 11) is 1.48. The number of nitro benzene ring substituents is 1. The molecule has 0 atom stereocenters. The van der Waals surface area contributed by atoms with Gasteiger partial charge in [-0.1, -0.05) is 0 Å². The smallest absolute Gasteiger partial charge is 0.285 e. The third-order valence-corrected chi connectivity index (χ3v) is 3.24. The molecule has 0 bridgehead atoms. The maximum absolute atomic E-state index is 13.5. The summed E-state index contributed by atoms with van der Waals surface area (Å²) in [6.45, 7) is 0. The third kappa shape index (κ3) is 2.64. The van der Waals surface area contributed by atoms with Gasteiger partial charge in [0.05, 0.1) is 16.7 Å². The van der Waals surface area contributed by atoms with Crippen molar-refractivity contribution in [3.8, 4) is 0 Å². The monoisotopic (exact) mass is 267 g/mol. The van der Waals surface area contributed by atoms with E-state index in [4.69, 9.17) is 0 Å². The highest BCUT2D eigenvalue weighted by atomic mass is 19.1. The number of benzene rings is 1. The van der Waals surface area contributed by atoms with Crippen LogP contribution in [0.25, 0.3) is 0 Å². The Bertz CT molecular complexity index is 529. The van der Waals surface area contributed by atoms with Gasteiger partial charge in [-0.05, 0) is 25.3 Å². The van der Waals surface area contributed by atoms with Crippen LogP contribution in [0, 0.1) is 15.9 Å². The minimum atomic E-state index is -0.755. The van der Waals surface area contributed by atoms with E-state index in [0.717, 1.165) is 25.3 Å². The number of nitrogens with one attached hydrogen (secondary N) is 2. The van der Waals surface area contributed by atoms with Crippen LogP contribution in [0.5, 0.6) is 0 Å². The zero-order chi connectivity index (χ0) is 14.0. The van der Waals surface area contributed by atoms with Crippen LogP contribution in [-0.2, 0) is 0 Å². The van der Waals surface area contributed by atoms with E-state index in [1.54, 1.807) is 0 Å². The number of halogens is 1. The molecule has 0 radical (unpaired) electrons. The Kier molecular flexibility index (Phi) is 3.64. The van der Waals surface area contributed by atoms with E-state index in [1.807, 2.05) is 0 Å². The number of amides is 1. The summed E-state index contributed by atoms with van der Waals surface area (Å²) in [5.41, 5.74) is -0.583. The van der Waals surface area contributed by atoms with E-state index in [0.29, 0.717) is 0 Å². The zero-order valence-corrected chi connectivity index (χ0v) is 10.4. The number of anilines is 1. The maximum Gasteiger partial charge on any atom is 0.285 e. The van der Waals surface area contributed by atoms with E-state index < -0.39 is 22.3 Å². The van der Waals surface area contributed by atoms with Gasteiger partial charge in [0, 0.05) is 13.1 Å². The molecular formula is C12H14FN3O3. The molecule has 2 N–H and O–H groups in total. The standard InChI is InChI=1S/C12H14FN3O3/c1-14-10-5-8(11(16(18)19)6-9(10)13)12(17)15-7-3-2-4-7/h5-7,14H,2-4H2,1H3,(H,15,17). The number of carbonyl (C=O) groups is 1. The van der Waals surface area contributed by atoms with Gasteiger partial charge in [0.1, 0.15) is 5.56 Å². The quantitative estimate of drug-likeness (QED) is 0.646. The number of hydrogen-bond acceptors (Lipinski definition) is 4. The second-order valence-electron chi connectivity index (χ2n) is 4.46. The number of carbonyl (C=O) groups excluding carboxylic acids is 1. The van der Waals surface area contributed by atoms with Gasteiger partial charge in [-0.2, -0.15) is 0 Å². The van der Waals surface area contributed by atoms with Crippen LogP contribution >= 0.6 is 0 Å². The predicted octanol–water partition coefficient (Wildman–Crippen LogP) is 2.06. The molecule has 2 rings (SSSR count). The van der Waals surface area contributed by atoms with Gasteiger partial charge in [0.15, 0.2) is 5.82 Å². The third-order valence-electron chi connectivity index (χ3n) is 3.24. The summed E-state index contributed by atoms with van der Waals surface area (Å²) in [4.78, 5) is 22.1. The molecule has 7 heteroatoms. The highest BCUT2D eigenvalue weighted by molar-refractivity contribution is 5.99. The Morgan fingerprint density at radius 2 is 2.16 bits per heavy atom. The molecular weight excluding hydrogens is 253 g/mol. The minimum Gasteiger partial charge on any atom is -0.386 e. The van der Waals surface area contributed by atoms with E-state index in [1.165, 1.54) is 13.1 Å². The van der Waals surface area contributed by atoms with Crippen molar-refractivity contribution in [3.63, 3.8) is 0 Å². The molecule has 0 heterocycles. The first-order valence-electron chi connectivity index (χ1n) is 5.99. The average molecular weight is 267 g/mol. The van der Waals surface area contributed by atoms with Crippen molar-refractivity contribution in [2.45, 2.75) is 25.3 Å². The van der Waals surface area contributed by atoms with E-state index in [9.17, 15) is 19.3 Å². The van der Waals surface area contributed by atoms with Gasteiger partial charge < -0.3 is 10.6 Å². The first kappa shape index (κ1) is 13.3. The lowest BCUT2D eigenvalue weighted by molar-refractivity contribution is -0.385. The molecule has 19 heavy (non-hydrogen) atoms. The van der Waals surface area contributed by atoms with Crippen LogP contribution in [0.3, 0.4) is 0 Å². The van der Waals surface area contributed by atoms with Gasteiger partial charge in [0.2, 0.25) is 0 Å². The second kappa shape index (κ2) is 5.21. The van der Waals surface area contributed by atoms with Gasteiger partial charge >= 0.3 is 0 Å². The van der Waals surface area contributed by atoms with Crippen molar-refractivity contribution in [2.75, 3.05) is 12.4 Å². The topological polar surface area (TPSA) is 84.3 Å². The lowest BCUT2D eigenvalue weighted by Crippen LogP contribution is -2.39. The Hall–Kier alpha value is -2.18. The van der Waals surface area contributed by atoms with Crippen molar-refractivity contribution in [2.24, 2.45) is 0 Å². The highest BCUT2D eigenvalue weighted by Crippen LogP contribution is 2.27. The lowest BCUT2D eigenvalue weighted by atomic mass is 9.93. The highest BCUT2D eigenvalue weighted by Gasteiger charge is 2.26. The van der Waals surface area contributed by atoms with Crippen LogP contribution in [0.4, 0.5) is 15.8 Å². The molecule has 1 aliphatic carbocycles. The van der Waals surface area contributed by atoms with E-state index in [2.05, 4.69) is 10.6 Å². The molecule has 1 saturated carbocycles. The normalized spacial score (nSPS) is 14.6. The number of nitrogens with zero attached hydrogens (tertiary/aromatic N) is 1. The fourth-order valence-corrected chi connectivity index (χ4v) is 1.90. The zero-order valence-electron chi connectivity index (χ0n) is 10.4. The molecule has 102 valence electrons. The molecule has 0 spiro atoms. The molecule has 6 nitrogen and oxygen atoms in total. The molecule has 1 fully saturated rings. The van der Waals surface area contributed by atoms with Crippen molar-refractivity contribution >= 4 is 17.3 Å². The molecule has 1 aromatic carbocycles. The molecule has 0 aliphatic heterocycles. The molecule has 1 aliphatic rings. The second-order valence-corrected chi connectivity index (χ2v) is 4.46. The fourth-order valence-electron chi connectivity index (χ4n) is 1.90. The Morgan fingerprint density at radius 1 is 1.47 bits per heavy atom. The summed E-state index contributed by atoms with van der Waals surface area (Å²) < 4.78 is 13.5. The lowest BCUT2D eigenvalue weighted by Gasteiger charge is -2.26. The molecule has 0 saturated heterocycles. The first-order chi connectivity index (χ1) is 9.02. The molecule has 1 aromatic rings. The summed E-state index contributed by atoms with van der Waals surface area (Å²) in [6.07, 6.45) is 2.79. The largest absolute Gasteiger partial charge is 0.386 e. The summed E-state index contributed by atoms with van der Waals surface area (Å²) >= 11 is 0. The van der Waals surface area contributed by atoms with Crippen LogP contribution < -0.4 is 10.6 Å². The van der Waals surface area contributed by atoms with Crippen LogP contribution in [-0.4, -0.2) is 23.9 Å². The van der Waals surface area contributed by atoms with Crippen LogP contribution in [0.1, 0.15) is 29.6 Å². The van der Waals surface area contributed by atoms with Gasteiger partial charge in [-0.15, -0.1) is 0 Å². The SMILES string of the molecule is CNc1cc(C(=O)NC2CCC2)c([N+](=O)[O-])cc1F. The maximum atomic E-state index is 13.5. The van der Waals surface area contributed by atoms with Gasteiger partial charge in [-0.25, -0.2) is 4.39 Å². The van der Waals surface area contributed by atoms with Crippen molar-refractivity contribution in [1.29, 1.82) is 0 Å². The Labute approximate surface area is 109 Å². The molecule has 0 aromatic heterocycles. The number of hydrogen-bond donors (Lipinski definition) is 2. The van der Waals surface area contributed by atoms with E-state index in [-0.39, 0.29) is 17.3 Å². The molecule has 0 unspecified atom stereocenters. The van der Waals surface area contributed by atoms with Crippen LogP contribution in [0.15, 0.2) is 12.1 Å². The summed E-state index contributed by atoms with van der Waals surface area (Å²) in [5.74, 6) is -1.29. The summed E-state index contributed by atoms with van der Waals surface area (Å²) in [5, 5.41) is 16.2. The van der Waals surface area contributed by atoms with Gasteiger partial charge in [-0.3, -0.25) is 14.9 Å². The Morgan fingerprint density at radius 3 is 2.63 bits per heavy atom. The van der Waals surface area contributed by atoms with Crippen molar-refractivity contribution in [1.82, 2.24) is 5.32 Å².